The molecule has 0 aromatic carbocycles. The summed E-state index contributed by atoms with van der Waals surface area (Å²) < 4.78 is 34.6. The molecule has 0 N–H and O–H groups in total. The van der Waals surface area contributed by atoms with Gasteiger partial charge in [-0.25, -0.2) is 4.57 Å². The number of phosphoric ester groups is 1. The molecule has 19 heavy (non-hydrogen) atoms. The molecule has 0 aromatic heterocycles. The van der Waals surface area contributed by atoms with Crippen LogP contribution < -0.4 is 0 Å². The quantitative estimate of drug-likeness (QED) is 0.381. The van der Waals surface area contributed by atoms with E-state index < -0.39 is 11.9 Å². The lowest BCUT2D eigenvalue weighted by Gasteiger charge is -2.16. The van der Waals surface area contributed by atoms with Gasteiger partial charge in [0.25, 0.3) is 0 Å². The van der Waals surface area contributed by atoms with Crippen molar-refractivity contribution in [1.82, 2.24) is 0 Å². The maximum absolute atomic E-state index is 11.6. The van der Waals surface area contributed by atoms with Crippen molar-refractivity contribution >= 4 is 77.4 Å². The summed E-state index contributed by atoms with van der Waals surface area (Å²) in [6.45, 7) is 0.260. The second kappa shape index (κ2) is 13.4. The van der Waals surface area contributed by atoms with Gasteiger partial charge in [0, 0.05) is 17.6 Å². The number of rotatable bonds is 9. The molecule has 0 amide bonds. The van der Waals surface area contributed by atoms with Gasteiger partial charge >= 0.3 is 11.9 Å². The maximum Gasteiger partial charge on any atom is 0.474 e. The predicted octanol–water partition coefficient (Wildman–Crippen LogP) is 5.14. The van der Waals surface area contributed by atoms with E-state index in [9.17, 15) is 8.96 Å². The van der Waals surface area contributed by atoms with Crippen molar-refractivity contribution in [2.24, 2.45) is 0 Å². The van der Waals surface area contributed by atoms with Gasteiger partial charge in [0.15, 0.2) is 0 Å². The summed E-state index contributed by atoms with van der Waals surface area (Å²) in [6.07, 6.45) is 0. The molecule has 4 nitrogen and oxygen atoms in total. The summed E-state index contributed by atoms with van der Waals surface area (Å²) >= 11 is 29.3. The van der Waals surface area contributed by atoms with Crippen molar-refractivity contribution in [1.29, 1.82) is 0 Å². The standard InChI is InChI=1S/C6H12Cl3O4P.CCl3F/c7-1-4-11-14(10,12-5-2-8)13-6-3-9;2-1(3,4)5/h1-6H2;. The van der Waals surface area contributed by atoms with Gasteiger partial charge in [-0.2, -0.15) is 4.39 Å². The Balaban J connectivity index is 0. The predicted molar refractivity (Wildman–Crippen MR) is 79.0 cm³/mol. The zero-order valence-electron chi connectivity index (χ0n) is 9.47. The van der Waals surface area contributed by atoms with Crippen LogP contribution in [0.3, 0.4) is 0 Å². The van der Waals surface area contributed by atoms with Gasteiger partial charge in [0.2, 0.25) is 0 Å². The molecule has 0 unspecified atom stereocenters. The minimum Gasteiger partial charge on any atom is -0.286 e. The lowest BCUT2D eigenvalue weighted by atomic mass is 10.9. The highest BCUT2D eigenvalue weighted by Crippen LogP contribution is 2.49. The summed E-state index contributed by atoms with van der Waals surface area (Å²) in [5.74, 6) is 0.620. The van der Waals surface area contributed by atoms with Crippen molar-refractivity contribution in [3.63, 3.8) is 0 Å². The van der Waals surface area contributed by atoms with E-state index in [1.807, 2.05) is 0 Å². The lowest BCUT2D eigenvalue weighted by Crippen LogP contribution is -2.05. The van der Waals surface area contributed by atoms with Gasteiger partial charge in [0.1, 0.15) is 0 Å². The van der Waals surface area contributed by atoms with Crippen molar-refractivity contribution in [2.45, 2.75) is 4.05 Å². The molecule has 0 atom stereocenters. The fourth-order valence-corrected chi connectivity index (χ4v) is 2.27. The number of hydrogen-bond acceptors (Lipinski definition) is 4. The molecule has 0 aliphatic rings. The molecule has 0 fully saturated rings. The van der Waals surface area contributed by atoms with Crippen LogP contribution in [0.4, 0.5) is 4.39 Å². The van der Waals surface area contributed by atoms with E-state index in [1.54, 1.807) is 0 Å². The van der Waals surface area contributed by atoms with Gasteiger partial charge in [-0.1, -0.05) is 0 Å². The average Bonchev–Trinajstić information content (AvgIpc) is 2.30. The van der Waals surface area contributed by atoms with Crippen molar-refractivity contribution in [2.75, 3.05) is 37.5 Å². The first-order chi connectivity index (χ1) is 8.68. The van der Waals surface area contributed by atoms with Gasteiger partial charge in [0.05, 0.1) is 19.8 Å². The SMILES string of the molecule is FC(Cl)(Cl)Cl.O=P(OCCCl)(OCCCl)OCCCl. The highest BCUT2D eigenvalue weighted by Gasteiger charge is 2.25. The summed E-state index contributed by atoms with van der Waals surface area (Å²) in [7, 11) is -3.52. The van der Waals surface area contributed by atoms with E-state index in [0.29, 0.717) is 0 Å². The molecule has 12 heteroatoms. The molecule has 0 bridgehead atoms. The Morgan fingerprint density at radius 2 is 1.05 bits per heavy atom. The first kappa shape index (κ1) is 23.1. The first-order valence-electron chi connectivity index (χ1n) is 4.65. The molecule has 0 aliphatic carbocycles. The molecule has 0 spiro atoms. The van der Waals surface area contributed by atoms with Crippen LogP contribution in [0.1, 0.15) is 0 Å². The van der Waals surface area contributed by atoms with E-state index in [-0.39, 0.29) is 37.5 Å². The highest BCUT2D eigenvalue weighted by atomic mass is 35.6. The molecule has 0 aromatic rings. The number of halogens is 7. The third-order valence-electron chi connectivity index (χ3n) is 0.980. The minimum atomic E-state index is -3.52. The van der Waals surface area contributed by atoms with Crippen molar-refractivity contribution < 1.29 is 22.5 Å². The van der Waals surface area contributed by atoms with E-state index >= 15 is 0 Å². The van der Waals surface area contributed by atoms with Crippen molar-refractivity contribution in [3.05, 3.63) is 0 Å². The van der Waals surface area contributed by atoms with Crippen LogP contribution in [-0.4, -0.2) is 41.5 Å². The Labute approximate surface area is 141 Å². The van der Waals surface area contributed by atoms with Crippen molar-refractivity contribution in [3.8, 4) is 0 Å². The summed E-state index contributed by atoms with van der Waals surface area (Å²) in [4.78, 5) is 0. The van der Waals surface area contributed by atoms with Crippen LogP contribution in [0.25, 0.3) is 0 Å². The van der Waals surface area contributed by atoms with Crippen LogP contribution in [0.5, 0.6) is 0 Å². The fraction of sp³-hybridized carbons (Fsp3) is 1.00. The Bertz CT molecular complexity index is 220. The first-order valence-corrected chi connectivity index (χ1v) is 8.85. The van der Waals surface area contributed by atoms with Crippen LogP contribution in [0.2, 0.25) is 0 Å². The van der Waals surface area contributed by atoms with Crippen LogP contribution in [0.15, 0.2) is 0 Å². The van der Waals surface area contributed by atoms with E-state index in [2.05, 4.69) is 34.8 Å². The second-order valence-corrected chi connectivity index (χ2v) is 7.39. The Hall–Kier alpha value is 1.78. The van der Waals surface area contributed by atoms with E-state index in [1.165, 1.54) is 0 Å². The van der Waals surface area contributed by atoms with Crippen LogP contribution >= 0.6 is 77.4 Å². The zero-order valence-corrected chi connectivity index (χ0v) is 14.9. The molecule has 0 saturated heterocycles. The van der Waals surface area contributed by atoms with E-state index in [0.717, 1.165) is 0 Å². The summed E-state index contributed by atoms with van der Waals surface area (Å²) in [5, 5.41) is 0. The second-order valence-electron chi connectivity index (χ2n) is 2.44. The Morgan fingerprint density at radius 3 is 1.21 bits per heavy atom. The van der Waals surface area contributed by atoms with E-state index in [4.69, 9.17) is 48.4 Å². The van der Waals surface area contributed by atoms with Gasteiger partial charge in [-0.15, -0.1) is 34.8 Å². The maximum atomic E-state index is 11.6. The summed E-state index contributed by atoms with van der Waals surface area (Å²) in [5.41, 5.74) is 0. The van der Waals surface area contributed by atoms with Crippen LogP contribution in [-0.2, 0) is 18.1 Å². The molecule has 0 radical (unpaired) electrons. The van der Waals surface area contributed by atoms with Crippen LogP contribution in [0, 0.1) is 0 Å². The normalized spacial score (nSPS) is 11.9. The number of hydrogen-bond donors (Lipinski definition) is 0. The van der Waals surface area contributed by atoms with Gasteiger partial charge in [-0.05, 0) is 34.8 Å². The minimum absolute atomic E-state index is 0.0867. The fourth-order valence-electron chi connectivity index (χ4n) is 0.551. The lowest BCUT2D eigenvalue weighted by molar-refractivity contribution is 0.128. The third-order valence-corrected chi connectivity index (χ3v) is 2.94. The monoisotopic (exact) mass is 420 g/mol. The third kappa shape index (κ3) is 22.2. The molecule has 0 saturated carbocycles. The molecule has 0 aliphatic heterocycles. The molecular formula is C7H12Cl6FO4P. The Morgan fingerprint density at radius 1 is 0.842 bits per heavy atom. The number of phosphoric acid groups is 1. The zero-order chi connectivity index (χ0) is 15.4. The van der Waals surface area contributed by atoms with Gasteiger partial charge in [-0.3, -0.25) is 13.6 Å². The highest BCUT2D eigenvalue weighted by molar-refractivity contribution is 7.48. The molecule has 0 heterocycles. The summed E-state index contributed by atoms with van der Waals surface area (Å²) in [6, 6.07) is 0. The Kier molecular flexibility index (Phi) is 16.3. The number of alkyl halides is 7. The molecule has 0 rings (SSSR count). The average molecular weight is 423 g/mol. The largest absolute Gasteiger partial charge is 0.474 e. The van der Waals surface area contributed by atoms with Gasteiger partial charge < -0.3 is 0 Å². The topological polar surface area (TPSA) is 44.8 Å². The molecule has 118 valence electrons. The molecular weight excluding hydrogens is 411 g/mol. The smallest absolute Gasteiger partial charge is 0.286 e.